The van der Waals surface area contributed by atoms with E-state index in [0.717, 1.165) is 27.7 Å². The van der Waals surface area contributed by atoms with Gasteiger partial charge < -0.3 is 28.8 Å². The van der Waals surface area contributed by atoms with Crippen molar-refractivity contribution in [1.29, 1.82) is 0 Å². The van der Waals surface area contributed by atoms with Crippen LogP contribution in [0.1, 0.15) is 34.1 Å². The van der Waals surface area contributed by atoms with E-state index in [-0.39, 0.29) is 13.0 Å². The third-order valence-electron chi connectivity index (χ3n) is 3.19. The molecule has 0 unspecified atom stereocenters. The Hall–Kier alpha value is -2.20. The van der Waals surface area contributed by atoms with Crippen LogP contribution < -0.4 is 0 Å². The Labute approximate surface area is 144 Å². The summed E-state index contributed by atoms with van der Waals surface area (Å²) in [6, 6.07) is 0. The van der Waals surface area contributed by atoms with E-state index in [1.54, 1.807) is 0 Å². The summed E-state index contributed by atoms with van der Waals surface area (Å²) >= 11 is 0. The summed E-state index contributed by atoms with van der Waals surface area (Å²) < 4.78 is 25.9. The lowest BCUT2D eigenvalue weighted by molar-refractivity contribution is -0.297. The second-order valence-corrected chi connectivity index (χ2v) is 5.39. The van der Waals surface area contributed by atoms with E-state index in [0.29, 0.717) is 0 Å². The molecule has 25 heavy (non-hydrogen) atoms. The molecule has 0 bridgehead atoms. The van der Waals surface area contributed by atoms with E-state index in [1.165, 1.54) is 0 Å². The van der Waals surface area contributed by atoms with Gasteiger partial charge in [-0.15, -0.1) is 0 Å². The molecule has 5 atom stereocenters. The van der Waals surface area contributed by atoms with E-state index in [1.807, 2.05) is 0 Å². The van der Waals surface area contributed by atoms with Crippen molar-refractivity contribution in [2.24, 2.45) is 0 Å². The third-order valence-corrected chi connectivity index (χ3v) is 3.19. The Morgan fingerprint density at radius 2 is 1.20 bits per heavy atom. The fourth-order valence-electron chi connectivity index (χ4n) is 2.47. The minimum absolute atomic E-state index is 0.000265. The zero-order chi connectivity index (χ0) is 19.1. The molecule has 0 aromatic heterocycles. The van der Waals surface area contributed by atoms with Crippen molar-refractivity contribution in [2.75, 3.05) is 6.61 Å². The molecule has 0 aromatic rings. The minimum Gasteiger partial charge on any atom is -0.456 e. The standard InChI is InChI=1S/C15H22O10/c1-7(17)21-12-11(5-6-16)25-15(24-10(4)20)14(23-9(3)19)13(12)22-8(2)18/h11-16H,5-6H2,1-4H3/t11-,12-,13+,14+,15+/m1/s1. The predicted molar refractivity (Wildman–Crippen MR) is 78.8 cm³/mol. The van der Waals surface area contributed by atoms with Crippen molar-refractivity contribution >= 4 is 23.9 Å². The molecule has 1 heterocycles. The first-order chi connectivity index (χ1) is 11.6. The zero-order valence-corrected chi connectivity index (χ0v) is 14.4. The number of aliphatic hydroxyl groups is 1. The highest BCUT2D eigenvalue weighted by molar-refractivity contribution is 5.69. The Balaban J connectivity index is 3.25. The number of hydrogen-bond acceptors (Lipinski definition) is 10. The lowest BCUT2D eigenvalue weighted by Gasteiger charge is -2.43. The maximum Gasteiger partial charge on any atom is 0.305 e. The first-order valence-electron chi connectivity index (χ1n) is 7.61. The molecule has 142 valence electrons. The van der Waals surface area contributed by atoms with Crippen molar-refractivity contribution in [3.63, 3.8) is 0 Å². The van der Waals surface area contributed by atoms with Gasteiger partial charge in [-0.25, -0.2) is 0 Å². The fraction of sp³-hybridized carbons (Fsp3) is 0.733. The molecule has 1 fully saturated rings. The van der Waals surface area contributed by atoms with Gasteiger partial charge in [0.05, 0.1) is 0 Å². The summed E-state index contributed by atoms with van der Waals surface area (Å²) in [6.45, 7) is 4.15. The molecule has 1 rings (SSSR count). The quantitative estimate of drug-likeness (QED) is 0.484. The average molecular weight is 362 g/mol. The molecule has 0 aromatic carbocycles. The van der Waals surface area contributed by atoms with Crippen molar-refractivity contribution in [3.8, 4) is 0 Å². The number of esters is 4. The topological polar surface area (TPSA) is 135 Å². The van der Waals surface area contributed by atoms with E-state index in [2.05, 4.69) is 0 Å². The number of carbonyl (C=O) groups is 4. The lowest BCUT2D eigenvalue weighted by atomic mass is 9.96. The molecular weight excluding hydrogens is 340 g/mol. The van der Waals surface area contributed by atoms with Gasteiger partial charge in [0.15, 0.2) is 12.2 Å². The van der Waals surface area contributed by atoms with Gasteiger partial charge in [-0.3, -0.25) is 19.2 Å². The Kier molecular flexibility index (Phi) is 7.78. The van der Waals surface area contributed by atoms with Crippen LogP contribution in [0.2, 0.25) is 0 Å². The molecule has 1 aliphatic rings. The first kappa shape index (κ1) is 20.8. The van der Waals surface area contributed by atoms with Gasteiger partial charge in [0.1, 0.15) is 6.10 Å². The highest BCUT2D eigenvalue weighted by Gasteiger charge is 2.52. The Morgan fingerprint density at radius 1 is 0.760 bits per heavy atom. The van der Waals surface area contributed by atoms with Gasteiger partial charge in [0.25, 0.3) is 0 Å². The number of hydrogen-bond donors (Lipinski definition) is 1. The van der Waals surface area contributed by atoms with Crippen molar-refractivity contribution in [1.82, 2.24) is 0 Å². The predicted octanol–water partition coefficient (Wildman–Crippen LogP) is -0.548. The molecule has 0 aliphatic carbocycles. The van der Waals surface area contributed by atoms with E-state index in [4.69, 9.17) is 23.7 Å². The van der Waals surface area contributed by atoms with Gasteiger partial charge >= 0.3 is 23.9 Å². The molecule has 0 saturated carbocycles. The van der Waals surface area contributed by atoms with Crippen LogP contribution in [0.5, 0.6) is 0 Å². The summed E-state index contributed by atoms with van der Waals surface area (Å²) in [5, 5.41) is 9.20. The maximum absolute atomic E-state index is 11.5. The van der Waals surface area contributed by atoms with Crippen LogP contribution in [-0.4, -0.2) is 66.3 Å². The second-order valence-electron chi connectivity index (χ2n) is 5.39. The Morgan fingerprint density at radius 3 is 1.64 bits per heavy atom. The van der Waals surface area contributed by atoms with Crippen LogP contribution in [0.3, 0.4) is 0 Å². The van der Waals surface area contributed by atoms with E-state index in [9.17, 15) is 24.3 Å². The molecule has 1 N–H and O–H groups in total. The minimum atomic E-state index is -1.39. The van der Waals surface area contributed by atoms with Crippen molar-refractivity contribution < 1.29 is 48.0 Å². The molecule has 1 aliphatic heterocycles. The second kappa shape index (κ2) is 9.33. The van der Waals surface area contributed by atoms with Crippen LogP contribution in [0.15, 0.2) is 0 Å². The number of aliphatic hydroxyl groups excluding tert-OH is 1. The smallest absolute Gasteiger partial charge is 0.305 e. The SMILES string of the molecule is CC(=O)O[C@H]1O[C@H](CCO)[C@@H](OC(C)=O)[C@H](OC(C)=O)[C@@H]1OC(C)=O. The van der Waals surface area contributed by atoms with Crippen LogP contribution in [0.4, 0.5) is 0 Å². The largest absolute Gasteiger partial charge is 0.456 e. The molecule has 1 saturated heterocycles. The van der Waals surface area contributed by atoms with Crippen molar-refractivity contribution in [3.05, 3.63) is 0 Å². The van der Waals surface area contributed by atoms with Gasteiger partial charge in [-0.1, -0.05) is 0 Å². The van der Waals surface area contributed by atoms with Gasteiger partial charge in [0, 0.05) is 40.7 Å². The van der Waals surface area contributed by atoms with Gasteiger partial charge in [-0.05, 0) is 0 Å². The normalized spacial score (nSPS) is 28.6. The third kappa shape index (κ3) is 6.31. The maximum atomic E-state index is 11.5. The molecule has 0 amide bonds. The summed E-state index contributed by atoms with van der Waals surface area (Å²) in [4.78, 5) is 45.6. The van der Waals surface area contributed by atoms with Crippen LogP contribution in [0.25, 0.3) is 0 Å². The van der Waals surface area contributed by atoms with E-state index >= 15 is 0 Å². The Bertz CT molecular complexity index is 516. The van der Waals surface area contributed by atoms with Crippen molar-refractivity contribution in [2.45, 2.75) is 64.8 Å². The number of carbonyl (C=O) groups excluding carboxylic acids is 4. The monoisotopic (exact) mass is 362 g/mol. The summed E-state index contributed by atoms with van der Waals surface area (Å²) in [5.74, 6) is -2.89. The average Bonchev–Trinajstić information content (AvgIpc) is 2.45. The van der Waals surface area contributed by atoms with Crippen LogP contribution in [-0.2, 0) is 42.9 Å². The van der Waals surface area contributed by atoms with Crippen LogP contribution in [0, 0.1) is 0 Å². The fourth-order valence-corrected chi connectivity index (χ4v) is 2.47. The van der Waals surface area contributed by atoms with Crippen LogP contribution >= 0.6 is 0 Å². The summed E-state index contributed by atoms with van der Waals surface area (Å²) in [6.07, 6.45) is -6.13. The number of rotatable bonds is 6. The lowest BCUT2D eigenvalue weighted by Crippen LogP contribution is -2.62. The highest BCUT2D eigenvalue weighted by Crippen LogP contribution is 2.30. The molecule has 0 radical (unpaired) electrons. The highest BCUT2D eigenvalue weighted by atomic mass is 16.7. The first-order valence-corrected chi connectivity index (χ1v) is 7.61. The summed E-state index contributed by atoms with van der Waals surface area (Å²) in [5.41, 5.74) is 0. The molecule has 10 nitrogen and oxygen atoms in total. The molecular formula is C15H22O10. The number of ether oxygens (including phenoxy) is 5. The summed E-state index contributed by atoms with van der Waals surface area (Å²) in [7, 11) is 0. The molecule has 0 spiro atoms. The van der Waals surface area contributed by atoms with Gasteiger partial charge in [0.2, 0.25) is 12.4 Å². The van der Waals surface area contributed by atoms with E-state index < -0.39 is 54.6 Å². The van der Waals surface area contributed by atoms with Gasteiger partial charge in [-0.2, -0.15) is 0 Å². The molecule has 10 heteroatoms. The zero-order valence-electron chi connectivity index (χ0n) is 14.4.